The second-order valence-corrected chi connectivity index (χ2v) is 8.30. The first-order chi connectivity index (χ1) is 15.6. The number of carbonyl (C=O) groups excluding carboxylic acids is 2. The van der Waals surface area contributed by atoms with E-state index in [2.05, 4.69) is 15.3 Å². The standard InChI is InChI=1S/C21H18F4N6O2/c1-29-16(32)10-30(20(29)33)9-12-4-5-14(19(22)26-12)13-6-7-15-18(17(13)21(23,24)25)27-28-31(15)8-11-2-3-11/h4-7,11H,2-3,8-10H2,1H3. The maximum absolute atomic E-state index is 14.9. The van der Waals surface area contributed by atoms with E-state index in [-0.39, 0.29) is 35.4 Å². The molecule has 1 saturated carbocycles. The van der Waals surface area contributed by atoms with Crippen molar-refractivity contribution in [2.75, 3.05) is 13.6 Å². The van der Waals surface area contributed by atoms with Crippen molar-refractivity contribution in [1.29, 1.82) is 0 Å². The average molecular weight is 462 g/mol. The summed E-state index contributed by atoms with van der Waals surface area (Å²) in [5.74, 6) is -1.14. The second-order valence-electron chi connectivity index (χ2n) is 8.30. The van der Waals surface area contributed by atoms with Gasteiger partial charge >= 0.3 is 12.2 Å². The van der Waals surface area contributed by atoms with Crippen molar-refractivity contribution < 1.29 is 27.2 Å². The lowest BCUT2D eigenvalue weighted by atomic mass is 9.98. The molecule has 8 nitrogen and oxygen atoms in total. The maximum Gasteiger partial charge on any atom is 0.419 e. The van der Waals surface area contributed by atoms with Crippen molar-refractivity contribution >= 4 is 23.0 Å². The van der Waals surface area contributed by atoms with E-state index in [1.165, 1.54) is 40.9 Å². The third kappa shape index (κ3) is 3.79. The van der Waals surface area contributed by atoms with Crippen LogP contribution in [0.1, 0.15) is 24.1 Å². The third-order valence-electron chi connectivity index (χ3n) is 5.91. The topological polar surface area (TPSA) is 84.2 Å². The summed E-state index contributed by atoms with van der Waals surface area (Å²) in [4.78, 5) is 29.5. The van der Waals surface area contributed by atoms with Crippen LogP contribution in [0.3, 0.4) is 0 Å². The Morgan fingerprint density at radius 2 is 1.82 bits per heavy atom. The zero-order valence-electron chi connectivity index (χ0n) is 17.4. The minimum Gasteiger partial charge on any atom is -0.309 e. The number of pyridine rings is 1. The van der Waals surface area contributed by atoms with Crippen LogP contribution in [0, 0.1) is 11.9 Å². The first kappa shape index (κ1) is 21.3. The fraction of sp³-hybridized carbons (Fsp3) is 0.381. The lowest BCUT2D eigenvalue weighted by Gasteiger charge is -2.16. The van der Waals surface area contributed by atoms with E-state index in [0.29, 0.717) is 12.5 Å². The van der Waals surface area contributed by atoms with E-state index in [9.17, 15) is 27.2 Å². The van der Waals surface area contributed by atoms with Gasteiger partial charge in [0.2, 0.25) is 11.9 Å². The predicted octanol–water partition coefficient (Wildman–Crippen LogP) is 3.46. The van der Waals surface area contributed by atoms with Crippen molar-refractivity contribution in [1.82, 2.24) is 29.8 Å². The highest BCUT2D eigenvalue weighted by Gasteiger charge is 2.39. The fourth-order valence-corrected chi connectivity index (χ4v) is 3.96. The number of benzene rings is 1. The number of fused-ring (bicyclic) bond motifs is 1. The number of urea groups is 1. The number of hydrogen-bond donors (Lipinski definition) is 0. The Morgan fingerprint density at radius 1 is 1.09 bits per heavy atom. The molecule has 1 aliphatic carbocycles. The van der Waals surface area contributed by atoms with E-state index < -0.39 is 35.2 Å². The maximum atomic E-state index is 14.9. The van der Waals surface area contributed by atoms with Gasteiger partial charge in [-0.2, -0.15) is 17.6 Å². The van der Waals surface area contributed by atoms with Gasteiger partial charge in [-0.1, -0.05) is 11.3 Å². The minimum atomic E-state index is -4.80. The van der Waals surface area contributed by atoms with Crippen LogP contribution in [0.4, 0.5) is 22.4 Å². The van der Waals surface area contributed by atoms with E-state index >= 15 is 0 Å². The highest BCUT2D eigenvalue weighted by Crippen LogP contribution is 2.42. The van der Waals surface area contributed by atoms with Crippen molar-refractivity contribution in [3.05, 3.63) is 41.5 Å². The molecule has 0 radical (unpaired) electrons. The van der Waals surface area contributed by atoms with Crippen molar-refractivity contribution in [2.45, 2.75) is 32.1 Å². The normalized spacial score (nSPS) is 17.0. The van der Waals surface area contributed by atoms with Crippen LogP contribution >= 0.6 is 0 Å². The summed E-state index contributed by atoms with van der Waals surface area (Å²) in [7, 11) is 1.33. The van der Waals surface area contributed by atoms with Gasteiger partial charge < -0.3 is 4.90 Å². The Kier molecular flexibility index (Phi) is 4.83. The summed E-state index contributed by atoms with van der Waals surface area (Å²) in [5, 5.41) is 7.65. The van der Waals surface area contributed by atoms with Gasteiger partial charge in [-0.3, -0.25) is 9.69 Å². The zero-order valence-corrected chi connectivity index (χ0v) is 17.4. The summed E-state index contributed by atoms with van der Waals surface area (Å²) < 4.78 is 58.5. The molecule has 1 aromatic carbocycles. The van der Waals surface area contributed by atoms with E-state index in [0.717, 1.165) is 17.7 Å². The third-order valence-corrected chi connectivity index (χ3v) is 5.91. The highest BCUT2D eigenvalue weighted by molar-refractivity contribution is 6.01. The lowest BCUT2D eigenvalue weighted by molar-refractivity contribution is -0.136. The summed E-state index contributed by atoms with van der Waals surface area (Å²) in [5.41, 5.74) is -1.80. The number of imide groups is 1. The predicted molar refractivity (Wildman–Crippen MR) is 107 cm³/mol. The Bertz CT molecular complexity index is 1280. The molecule has 2 fully saturated rings. The Balaban J connectivity index is 1.52. The molecule has 3 amide bonds. The van der Waals surface area contributed by atoms with Gasteiger partial charge in [-0.05, 0) is 37.0 Å². The average Bonchev–Trinajstić information content (AvgIpc) is 3.43. The molecule has 1 aliphatic heterocycles. The molecular formula is C21H18F4N6O2. The Labute approximate surface area is 184 Å². The number of aromatic nitrogens is 4. The summed E-state index contributed by atoms with van der Waals surface area (Å²) in [6.07, 6.45) is -2.79. The molecule has 3 heterocycles. The molecule has 5 rings (SSSR count). The first-order valence-corrected chi connectivity index (χ1v) is 10.3. The largest absolute Gasteiger partial charge is 0.419 e. The molecule has 172 valence electrons. The minimum absolute atomic E-state index is 0.109. The molecule has 0 unspecified atom stereocenters. The van der Waals surface area contributed by atoms with E-state index in [4.69, 9.17) is 0 Å². The van der Waals surface area contributed by atoms with Gasteiger partial charge in [-0.15, -0.1) is 5.10 Å². The van der Waals surface area contributed by atoms with Crippen LogP contribution < -0.4 is 0 Å². The molecule has 3 aromatic rings. The number of halogens is 4. The molecule has 0 N–H and O–H groups in total. The SMILES string of the molecule is CN1C(=O)CN(Cc2ccc(-c3ccc4c(nnn4CC4CC4)c3C(F)(F)F)c(F)n2)C1=O. The number of amides is 3. The molecule has 1 saturated heterocycles. The van der Waals surface area contributed by atoms with E-state index in [1.807, 2.05) is 0 Å². The lowest BCUT2D eigenvalue weighted by Crippen LogP contribution is -2.29. The molecule has 2 aromatic heterocycles. The van der Waals surface area contributed by atoms with Gasteiger partial charge in [0.1, 0.15) is 12.1 Å². The summed E-state index contributed by atoms with van der Waals surface area (Å²) >= 11 is 0. The second kappa shape index (κ2) is 7.49. The summed E-state index contributed by atoms with van der Waals surface area (Å²) in [6, 6.07) is 4.64. The van der Waals surface area contributed by atoms with Crippen LogP contribution in [0.25, 0.3) is 22.2 Å². The number of nitrogens with zero attached hydrogens (tertiary/aromatic N) is 6. The molecule has 2 aliphatic rings. The quantitative estimate of drug-likeness (QED) is 0.330. The van der Waals surface area contributed by atoms with Gasteiger partial charge in [0.05, 0.1) is 23.3 Å². The van der Waals surface area contributed by atoms with Gasteiger partial charge in [-0.25, -0.2) is 14.5 Å². The van der Waals surface area contributed by atoms with E-state index in [1.54, 1.807) is 0 Å². The number of carbonyl (C=O) groups is 2. The van der Waals surface area contributed by atoms with Crippen LogP contribution in [0.5, 0.6) is 0 Å². The van der Waals surface area contributed by atoms with Gasteiger partial charge in [0, 0.05) is 24.7 Å². The van der Waals surface area contributed by atoms with Gasteiger partial charge in [0.25, 0.3) is 0 Å². The molecule has 12 heteroatoms. The summed E-state index contributed by atoms with van der Waals surface area (Å²) in [6.45, 7) is 0.170. The van der Waals surface area contributed by atoms with Crippen molar-refractivity contribution in [3.8, 4) is 11.1 Å². The van der Waals surface area contributed by atoms with Crippen molar-refractivity contribution in [2.24, 2.45) is 5.92 Å². The molecule has 0 spiro atoms. The number of likely N-dealkylation sites (N-methyl/N-ethyl adjacent to an activating group) is 1. The van der Waals surface area contributed by atoms with Crippen molar-refractivity contribution in [3.63, 3.8) is 0 Å². The van der Waals surface area contributed by atoms with Crippen LogP contribution in [0.2, 0.25) is 0 Å². The Hall–Kier alpha value is -3.57. The van der Waals surface area contributed by atoms with Crippen LogP contribution in [-0.4, -0.2) is 55.3 Å². The van der Waals surface area contributed by atoms with Crippen LogP contribution in [0.15, 0.2) is 24.3 Å². The van der Waals surface area contributed by atoms with Crippen LogP contribution in [-0.2, 0) is 24.1 Å². The van der Waals surface area contributed by atoms with Gasteiger partial charge in [0.15, 0.2) is 0 Å². The first-order valence-electron chi connectivity index (χ1n) is 10.3. The smallest absolute Gasteiger partial charge is 0.309 e. The molecule has 0 atom stereocenters. The number of rotatable bonds is 5. The Morgan fingerprint density at radius 3 is 2.42 bits per heavy atom. The fourth-order valence-electron chi connectivity index (χ4n) is 3.96. The molecule has 33 heavy (non-hydrogen) atoms. The monoisotopic (exact) mass is 462 g/mol. The zero-order chi connectivity index (χ0) is 23.5. The highest BCUT2D eigenvalue weighted by atomic mass is 19.4. The molecule has 0 bridgehead atoms. The number of hydrogen-bond acceptors (Lipinski definition) is 5. The molecular weight excluding hydrogens is 444 g/mol. The number of alkyl halides is 3.